The van der Waals surface area contributed by atoms with Crippen LogP contribution in [-0.4, -0.2) is 23.9 Å². The molecule has 1 aliphatic carbocycles. The van der Waals surface area contributed by atoms with Gasteiger partial charge in [0.05, 0.1) is 18.8 Å². The van der Waals surface area contributed by atoms with Crippen LogP contribution in [0.25, 0.3) is 0 Å². The van der Waals surface area contributed by atoms with Gasteiger partial charge in [-0.25, -0.2) is 0 Å². The predicted molar refractivity (Wildman–Crippen MR) is 49.1 cm³/mol. The van der Waals surface area contributed by atoms with Gasteiger partial charge in [-0.15, -0.1) is 0 Å². The molecule has 1 unspecified atom stereocenters. The lowest BCUT2D eigenvalue weighted by Crippen LogP contribution is -2.26. The summed E-state index contributed by atoms with van der Waals surface area (Å²) in [5.74, 6) is 0. The monoisotopic (exact) mass is 172 g/mol. The Morgan fingerprint density at radius 3 is 2.50 bits per heavy atom. The van der Waals surface area contributed by atoms with E-state index in [0.29, 0.717) is 6.10 Å². The molecule has 0 radical (unpaired) electrons. The first-order valence-corrected chi connectivity index (χ1v) is 5.13. The summed E-state index contributed by atoms with van der Waals surface area (Å²) in [7, 11) is 0. The second-order valence-corrected chi connectivity index (χ2v) is 3.61. The molecule has 12 heavy (non-hydrogen) atoms. The Bertz CT molecular complexity index is 104. The third-order valence-corrected chi connectivity index (χ3v) is 2.60. The fourth-order valence-corrected chi connectivity index (χ4v) is 1.74. The minimum Gasteiger partial charge on any atom is -0.394 e. The second-order valence-electron chi connectivity index (χ2n) is 3.61. The van der Waals surface area contributed by atoms with E-state index in [4.69, 9.17) is 9.84 Å². The lowest BCUT2D eigenvalue weighted by molar-refractivity contribution is -0.0541. The maximum absolute atomic E-state index is 8.93. The summed E-state index contributed by atoms with van der Waals surface area (Å²) >= 11 is 0. The van der Waals surface area contributed by atoms with Crippen molar-refractivity contribution in [1.29, 1.82) is 0 Å². The Morgan fingerprint density at radius 2 is 2.00 bits per heavy atom. The van der Waals surface area contributed by atoms with Crippen LogP contribution in [0.3, 0.4) is 0 Å². The molecule has 0 spiro atoms. The Hall–Kier alpha value is -0.0800. The van der Waals surface area contributed by atoms with Crippen molar-refractivity contribution in [1.82, 2.24) is 0 Å². The predicted octanol–water partition coefficient (Wildman–Crippen LogP) is 2.11. The SMILES string of the molecule is CCC(CO)OC1CCCCC1. The maximum atomic E-state index is 8.93. The normalized spacial score (nSPS) is 22.5. The van der Waals surface area contributed by atoms with Gasteiger partial charge in [0.1, 0.15) is 0 Å². The highest BCUT2D eigenvalue weighted by Gasteiger charge is 2.17. The van der Waals surface area contributed by atoms with E-state index in [1.165, 1.54) is 32.1 Å². The van der Waals surface area contributed by atoms with Crippen LogP contribution in [0.4, 0.5) is 0 Å². The van der Waals surface area contributed by atoms with Gasteiger partial charge in [-0.05, 0) is 19.3 Å². The minimum atomic E-state index is 0.0769. The zero-order valence-corrected chi connectivity index (χ0v) is 7.96. The molecule has 0 amide bonds. The maximum Gasteiger partial charge on any atom is 0.0806 e. The van der Waals surface area contributed by atoms with E-state index in [0.717, 1.165) is 6.42 Å². The van der Waals surface area contributed by atoms with Gasteiger partial charge < -0.3 is 9.84 Å². The van der Waals surface area contributed by atoms with E-state index in [2.05, 4.69) is 6.92 Å². The molecule has 0 aromatic heterocycles. The average Bonchev–Trinajstić information content (AvgIpc) is 2.16. The van der Waals surface area contributed by atoms with Crippen molar-refractivity contribution in [2.75, 3.05) is 6.61 Å². The van der Waals surface area contributed by atoms with Gasteiger partial charge in [0.15, 0.2) is 0 Å². The van der Waals surface area contributed by atoms with Crippen molar-refractivity contribution in [3.8, 4) is 0 Å². The van der Waals surface area contributed by atoms with Crippen LogP contribution in [0.5, 0.6) is 0 Å². The molecule has 0 bridgehead atoms. The fraction of sp³-hybridized carbons (Fsp3) is 1.00. The zero-order chi connectivity index (χ0) is 8.81. The van der Waals surface area contributed by atoms with Gasteiger partial charge in [0.25, 0.3) is 0 Å². The molecular weight excluding hydrogens is 152 g/mol. The minimum absolute atomic E-state index is 0.0769. The molecule has 72 valence electrons. The average molecular weight is 172 g/mol. The van der Waals surface area contributed by atoms with Crippen molar-refractivity contribution in [2.24, 2.45) is 0 Å². The smallest absolute Gasteiger partial charge is 0.0806 e. The van der Waals surface area contributed by atoms with E-state index in [-0.39, 0.29) is 12.7 Å². The first kappa shape index (κ1) is 10.0. The van der Waals surface area contributed by atoms with E-state index < -0.39 is 0 Å². The Balaban J connectivity index is 2.18. The molecular formula is C10H20O2. The summed E-state index contributed by atoms with van der Waals surface area (Å²) in [5.41, 5.74) is 0. The molecule has 1 N–H and O–H groups in total. The van der Waals surface area contributed by atoms with Crippen LogP contribution < -0.4 is 0 Å². The first-order chi connectivity index (χ1) is 5.86. The lowest BCUT2D eigenvalue weighted by atomic mass is 9.97. The molecule has 0 aromatic rings. The van der Waals surface area contributed by atoms with Gasteiger partial charge in [-0.1, -0.05) is 26.2 Å². The highest BCUT2D eigenvalue weighted by atomic mass is 16.5. The topological polar surface area (TPSA) is 29.5 Å². The number of rotatable bonds is 4. The van der Waals surface area contributed by atoms with Crippen molar-refractivity contribution in [2.45, 2.75) is 57.7 Å². The van der Waals surface area contributed by atoms with Gasteiger partial charge in [0, 0.05) is 0 Å². The summed E-state index contributed by atoms with van der Waals surface area (Å²) in [6.07, 6.45) is 7.76. The summed E-state index contributed by atoms with van der Waals surface area (Å²) in [6.45, 7) is 2.23. The number of ether oxygens (including phenoxy) is 1. The molecule has 0 heterocycles. The summed E-state index contributed by atoms with van der Waals surface area (Å²) < 4.78 is 5.74. The van der Waals surface area contributed by atoms with E-state index in [1.54, 1.807) is 0 Å². The molecule has 1 rings (SSSR count). The van der Waals surface area contributed by atoms with Crippen molar-refractivity contribution in [3.05, 3.63) is 0 Å². The Kier molecular flexibility index (Phi) is 4.62. The third kappa shape index (κ3) is 3.11. The van der Waals surface area contributed by atoms with Crippen molar-refractivity contribution in [3.63, 3.8) is 0 Å². The Morgan fingerprint density at radius 1 is 1.33 bits per heavy atom. The summed E-state index contributed by atoms with van der Waals surface area (Å²) in [5, 5.41) is 8.93. The van der Waals surface area contributed by atoms with Crippen molar-refractivity contribution < 1.29 is 9.84 Å². The van der Waals surface area contributed by atoms with Crippen LogP contribution in [-0.2, 0) is 4.74 Å². The summed E-state index contributed by atoms with van der Waals surface area (Å²) in [4.78, 5) is 0. The van der Waals surface area contributed by atoms with Crippen LogP contribution in [0.1, 0.15) is 45.4 Å². The van der Waals surface area contributed by atoms with Crippen molar-refractivity contribution >= 4 is 0 Å². The molecule has 1 aliphatic rings. The second kappa shape index (κ2) is 5.55. The number of aliphatic hydroxyl groups is 1. The summed E-state index contributed by atoms with van der Waals surface area (Å²) in [6, 6.07) is 0. The third-order valence-electron chi connectivity index (χ3n) is 2.60. The van der Waals surface area contributed by atoms with Gasteiger partial charge in [0.2, 0.25) is 0 Å². The van der Waals surface area contributed by atoms with E-state index >= 15 is 0 Å². The standard InChI is InChI=1S/C10H20O2/c1-2-9(8-11)12-10-6-4-3-5-7-10/h9-11H,2-8H2,1H3. The number of hydrogen-bond donors (Lipinski definition) is 1. The van der Waals surface area contributed by atoms with E-state index in [9.17, 15) is 0 Å². The first-order valence-electron chi connectivity index (χ1n) is 5.13. The number of aliphatic hydroxyl groups excluding tert-OH is 1. The molecule has 1 atom stereocenters. The van der Waals surface area contributed by atoms with Crippen LogP contribution in [0.2, 0.25) is 0 Å². The highest BCUT2D eigenvalue weighted by molar-refractivity contribution is 4.67. The molecule has 2 nitrogen and oxygen atoms in total. The quantitative estimate of drug-likeness (QED) is 0.703. The Labute approximate surface area is 74.9 Å². The molecule has 0 aliphatic heterocycles. The largest absolute Gasteiger partial charge is 0.394 e. The molecule has 2 heteroatoms. The van der Waals surface area contributed by atoms with E-state index in [1.807, 2.05) is 0 Å². The fourth-order valence-electron chi connectivity index (χ4n) is 1.74. The highest BCUT2D eigenvalue weighted by Crippen LogP contribution is 2.21. The van der Waals surface area contributed by atoms with Crippen LogP contribution in [0, 0.1) is 0 Å². The van der Waals surface area contributed by atoms with Gasteiger partial charge in [-0.3, -0.25) is 0 Å². The molecule has 0 saturated heterocycles. The van der Waals surface area contributed by atoms with Gasteiger partial charge >= 0.3 is 0 Å². The van der Waals surface area contributed by atoms with Gasteiger partial charge in [-0.2, -0.15) is 0 Å². The van der Waals surface area contributed by atoms with Crippen LogP contribution in [0.15, 0.2) is 0 Å². The molecule has 1 saturated carbocycles. The molecule has 0 aromatic carbocycles. The van der Waals surface area contributed by atoms with Crippen LogP contribution >= 0.6 is 0 Å². The zero-order valence-electron chi connectivity index (χ0n) is 7.96. The lowest BCUT2D eigenvalue weighted by Gasteiger charge is -2.26. The molecule has 1 fully saturated rings. The number of hydrogen-bond acceptors (Lipinski definition) is 2.